The Bertz CT molecular complexity index is 598. The Kier molecular flexibility index (Phi) is 5.98. The first-order valence-electron chi connectivity index (χ1n) is 8.67. The molecule has 1 aliphatic carbocycles. The number of aryl methyl sites for hydroxylation is 1. The number of nitrogens with one attached hydrogen (secondary N) is 1. The van der Waals surface area contributed by atoms with E-state index >= 15 is 0 Å². The Labute approximate surface area is 151 Å². The van der Waals surface area contributed by atoms with Gasteiger partial charge < -0.3 is 19.5 Å². The summed E-state index contributed by atoms with van der Waals surface area (Å²) in [6.07, 6.45) is 3.46. The van der Waals surface area contributed by atoms with E-state index < -0.39 is 0 Å². The van der Waals surface area contributed by atoms with Crippen molar-refractivity contribution in [2.45, 2.75) is 55.5 Å². The van der Waals surface area contributed by atoms with Crippen LogP contribution >= 0.6 is 11.8 Å². The van der Waals surface area contributed by atoms with E-state index in [2.05, 4.69) is 15.2 Å². The molecule has 1 aromatic rings. The lowest BCUT2D eigenvalue weighted by atomic mass is 9.79. The minimum absolute atomic E-state index is 0.0198. The van der Waals surface area contributed by atoms with Gasteiger partial charge in [-0.2, -0.15) is 0 Å². The zero-order valence-corrected chi connectivity index (χ0v) is 15.5. The smallest absolute Gasteiger partial charge is 0.233 e. The lowest BCUT2D eigenvalue weighted by Crippen LogP contribution is -2.53. The molecule has 1 aromatic heterocycles. The van der Waals surface area contributed by atoms with Crippen LogP contribution in [0.25, 0.3) is 0 Å². The average Bonchev–Trinajstić information content (AvgIpc) is 3.21. The number of fused-ring (bicyclic) bond motifs is 1. The zero-order valence-electron chi connectivity index (χ0n) is 14.7. The van der Waals surface area contributed by atoms with Crippen LogP contribution in [-0.2, 0) is 14.3 Å². The molecule has 2 aliphatic rings. The predicted molar refractivity (Wildman–Crippen MR) is 92.4 cm³/mol. The molecule has 2 fully saturated rings. The van der Waals surface area contributed by atoms with Gasteiger partial charge in [0.15, 0.2) is 0 Å². The molecule has 1 amide bonds. The number of carbonyl (C=O) groups excluding carboxylic acids is 1. The molecule has 1 saturated carbocycles. The average molecular weight is 370 g/mol. The maximum Gasteiger partial charge on any atom is 0.233 e. The number of aliphatic hydroxyl groups is 1. The highest BCUT2D eigenvalue weighted by atomic mass is 32.2. The second kappa shape index (κ2) is 8.03. The summed E-state index contributed by atoms with van der Waals surface area (Å²) in [6, 6.07) is 0.0249. The number of H-pyrrole nitrogens is 1. The highest BCUT2D eigenvalue weighted by Gasteiger charge is 2.52. The third kappa shape index (κ3) is 3.99. The van der Waals surface area contributed by atoms with Gasteiger partial charge in [-0.05, 0) is 32.6 Å². The number of rotatable bonds is 7. The van der Waals surface area contributed by atoms with Gasteiger partial charge in [0, 0.05) is 13.7 Å². The molecule has 1 saturated heterocycles. The van der Waals surface area contributed by atoms with Gasteiger partial charge in [0.2, 0.25) is 11.1 Å². The number of carbonyl (C=O) groups is 1. The molecule has 3 atom stereocenters. The van der Waals surface area contributed by atoms with Crippen LogP contribution in [0.4, 0.5) is 0 Å². The van der Waals surface area contributed by atoms with Crippen molar-refractivity contribution in [3.63, 3.8) is 0 Å². The van der Waals surface area contributed by atoms with Crippen LogP contribution in [0.15, 0.2) is 5.16 Å². The van der Waals surface area contributed by atoms with E-state index in [0.29, 0.717) is 24.1 Å². The highest BCUT2D eigenvalue weighted by Crippen LogP contribution is 2.43. The molecule has 0 unspecified atom stereocenters. The number of methoxy groups -OCH3 is 1. The van der Waals surface area contributed by atoms with Crippen LogP contribution < -0.4 is 0 Å². The molecular formula is C16H26N4O4S. The maximum absolute atomic E-state index is 12.8. The molecule has 0 spiro atoms. The van der Waals surface area contributed by atoms with Gasteiger partial charge in [0.05, 0.1) is 36.7 Å². The second-order valence-corrected chi connectivity index (χ2v) is 7.55. The van der Waals surface area contributed by atoms with Gasteiger partial charge in [0.25, 0.3) is 0 Å². The Morgan fingerprint density at radius 2 is 2.36 bits per heavy atom. The number of aromatic amines is 1. The summed E-state index contributed by atoms with van der Waals surface area (Å²) in [5, 5.41) is 16.4. The van der Waals surface area contributed by atoms with E-state index in [4.69, 9.17) is 14.6 Å². The lowest BCUT2D eigenvalue weighted by Gasteiger charge is -2.43. The quantitative estimate of drug-likeness (QED) is 0.683. The molecular weight excluding hydrogens is 344 g/mol. The lowest BCUT2D eigenvalue weighted by molar-refractivity contribution is -0.139. The summed E-state index contributed by atoms with van der Waals surface area (Å²) in [6.45, 7) is 2.90. The number of aliphatic hydroxyl groups excluding tert-OH is 1. The van der Waals surface area contributed by atoms with E-state index in [1.165, 1.54) is 11.8 Å². The van der Waals surface area contributed by atoms with Gasteiger partial charge >= 0.3 is 0 Å². The van der Waals surface area contributed by atoms with Crippen molar-refractivity contribution in [3.05, 3.63) is 5.82 Å². The minimum Gasteiger partial charge on any atom is -0.394 e. The van der Waals surface area contributed by atoms with Crippen molar-refractivity contribution >= 4 is 17.7 Å². The summed E-state index contributed by atoms with van der Waals surface area (Å²) in [5.41, 5.74) is -0.263. The fourth-order valence-electron chi connectivity index (χ4n) is 3.93. The molecule has 2 N–H and O–H groups in total. The summed E-state index contributed by atoms with van der Waals surface area (Å²) in [5.74, 6) is 1.14. The Balaban J connectivity index is 1.63. The van der Waals surface area contributed by atoms with Crippen LogP contribution in [0.5, 0.6) is 0 Å². The molecule has 0 radical (unpaired) electrons. The first-order valence-corrected chi connectivity index (χ1v) is 9.65. The third-order valence-corrected chi connectivity index (χ3v) is 6.04. The minimum atomic E-state index is -0.263. The standard InChI is InChI=1S/C16H26N4O4S/c1-11-17-15(19-18-11)25-10-14(22)20-6-5-16(23-2)4-3-12(9-13(16)20)24-8-7-21/h12-13,21H,3-10H2,1-2H3,(H,17,18,19)/t12-,13-,16+/m0/s1. The normalized spacial score (nSPS) is 29.0. The number of thioether (sulfide) groups is 1. The topological polar surface area (TPSA) is 101 Å². The largest absolute Gasteiger partial charge is 0.394 e. The molecule has 25 heavy (non-hydrogen) atoms. The first-order chi connectivity index (χ1) is 12.1. The van der Waals surface area contributed by atoms with E-state index in [1.807, 2.05) is 11.8 Å². The van der Waals surface area contributed by atoms with Crippen LogP contribution in [0, 0.1) is 6.92 Å². The summed E-state index contributed by atoms with van der Waals surface area (Å²) in [7, 11) is 1.74. The number of nitrogens with zero attached hydrogens (tertiary/aromatic N) is 3. The van der Waals surface area contributed by atoms with E-state index in [0.717, 1.165) is 31.5 Å². The zero-order chi connectivity index (χ0) is 17.9. The molecule has 1 aliphatic heterocycles. The fraction of sp³-hybridized carbons (Fsp3) is 0.812. The molecule has 9 heteroatoms. The van der Waals surface area contributed by atoms with Gasteiger partial charge in [0.1, 0.15) is 5.82 Å². The van der Waals surface area contributed by atoms with E-state index in [-0.39, 0.29) is 30.3 Å². The summed E-state index contributed by atoms with van der Waals surface area (Å²) in [4.78, 5) is 18.9. The van der Waals surface area contributed by atoms with E-state index in [9.17, 15) is 4.79 Å². The summed E-state index contributed by atoms with van der Waals surface area (Å²) >= 11 is 1.35. The predicted octanol–water partition coefficient (Wildman–Crippen LogP) is 0.753. The maximum atomic E-state index is 12.8. The van der Waals surface area contributed by atoms with Gasteiger partial charge in [-0.25, -0.2) is 4.98 Å². The van der Waals surface area contributed by atoms with Crippen molar-refractivity contribution < 1.29 is 19.4 Å². The number of amides is 1. The van der Waals surface area contributed by atoms with Crippen LogP contribution in [0.1, 0.15) is 31.5 Å². The van der Waals surface area contributed by atoms with Crippen LogP contribution in [0.3, 0.4) is 0 Å². The van der Waals surface area contributed by atoms with Gasteiger partial charge in [-0.15, -0.1) is 5.10 Å². The fourth-order valence-corrected chi connectivity index (χ4v) is 4.66. The Morgan fingerprint density at radius 1 is 1.52 bits per heavy atom. The van der Waals surface area contributed by atoms with Crippen LogP contribution in [-0.4, -0.2) is 81.5 Å². The van der Waals surface area contributed by atoms with Crippen molar-refractivity contribution in [2.75, 3.05) is 32.6 Å². The van der Waals surface area contributed by atoms with E-state index in [1.54, 1.807) is 7.11 Å². The second-order valence-electron chi connectivity index (χ2n) is 6.60. The first kappa shape index (κ1) is 18.6. The molecule has 2 heterocycles. The molecule has 0 aromatic carbocycles. The van der Waals surface area contributed by atoms with Crippen LogP contribution in [0.2, 0.25) is 0 Å². The highest BCUT2D eigenvalue weighted by molar-refractivity contribution is 7.99. The Hall–Kier alpha value is -1.16. The van der Waals surface area contributed by atoms with Gasteiger partial charge in [-0.1, -0.05) is 11.8 Å². The van der Waals surface area contributed by atoms with Gasteiger partial charge in [-0.3, -0.25) is 9.89 Å². The Morgan fingerprint density at radius 3 is 3.04 bits per heavy atom. The number of aromatic nitrogens is 3. The monoisotopic (exact) mass is 370 g/mol. The van der Waals surface area contributed by atoms with Crippen molar-refractivity contribution in [1.29, 1.82) is 0 Å². The molecule has 8 nitrogen and oxygen atoms in total. The SMILES string of the molecule is CO[C@@]12CC[C@H](OCCO)C[C@@H]1N(C(=O)CSc1n[nH]c(C)n1)CC2. The summed E-state index contributed by atoms with van der Waals surface area (Å²) < 4.78 is 11.6. The number of hydrogen-bond donors (Lipinski definition) is 2. The third-order valence-electron chi connectivity index (χ3n) is 5.21. The molecule has 0 bridgehead atoms. The number of likely N-dealkylation sites (tertiary alicyclic amines) is 1. The molecule has 140 valence electrons. The molecule has 3 rings (SSSR count). The van der Waals surface area contributed by atoms with Crippen molar-refractivity contribution in [1.82, 2.24) is 20.1 Å². The van der Waals surface area contributed by atoms with Crippen molar-refractivity contribution in [2.24, 2.45) is 0 Å². The number of ether oxygens (including phenoxy) is 2. The van der Waals surface area contributed by atoms with Crippen molar-refractivity contribution in [3.8, 4) is 0 Å². The number of hydrogen-bond acceptors (Lipinski definition) is 7.